The van der Waals surface area contributed by atoms with Gasteiger partial charge in [0, 0.05) is 23.1 Å². The van der Waals surface area contributed by atoms with E-state index in [9.17, 15) is 19.8 Å². The Bertz CT molecular complexity index is 1340. The van der Waals surface area contributed by atoms with E-state index >= 15 is 0 Å². The first-order valence-electron chi connectivity index (χ1n) is 12.1. The molecule has 0 saturated carbocycles. The van der Waals surface area contributed by atoms with Crippen molar-refractivity contribution < 1.29 is 19.4 Å². The summed E-state index contributed by atoms with van der Waals surface area (Å²) in [5.74, 6) is -1.24. The van der Waals surface area contributed by atoms with Crippen molar-refractivity contribution in [3.8, 4) is 22.6 Å². The van der Waals surface area contributed by atoms with Crippen molar-refractivity contribution in [2.24, 2.45) is 5.92 Å². The van der Waals surface area contributed by atoms with Gasteiger partial charge in [0.1, 0.15) is 17.1 Å². The average molecular weight is 475 g/mol. The molecular formula is C30H34O5. The van der Waals surface area contributed by atoms with Crippen molar-refractivity contribution in [1.82, 2.24) is 0 Å². The number of rotatable bonds is 9. The highest BCUT2D eigenvalue weighted by molar-refractivity contribution is 6.14. The molecule has 3 rings (SSSR count). The molecule has 0 fully saturated rings. The summed E-state index contributed by atoms with van der Waals surface area (Å²) in [6.07, 6.45) is 6.67. The molecule has 0 saturated heterocycles. The number of phenolic OH excluding ortho intramolecular Hbond substituents is 2. The van der Waals surface area contributed by atoms with Crippen molar-refractivity contribution in [1.29, 1.82) is 0 Å². The summed E-state index contributed by atoms with van der Waals surface area (Å²) in [5, 5.41) is 22.8. The van der Waals surface area contributed by atoms with Gasteiger partial charge in [0.15, 0.2) is 11.4 Å². The lowest BCUT2D eigenvalue weighted by atomic mass is 9.89. The van der Waals surface area contributed by atoms with Crippen LogP contribution in [0.3, 0.4) is 0 Å². The van der Waals surface area contributed by atoms with E-state index in [-0.39, 0.29) is 45.8 Å². The molecule has 0 amide bonds. The van der Waals surface area contributed by atoms with E-state index in [4.69, 9.17) is 4.42 Å². The summed E-state index contributed by atoms with van der Waals surface area (Å²) in [4.78, 5) is 25.9. The number of allylic oxidation sites excluding steroid dienone is 4. The van der Waals surface area contributed by atoms with E-state index < -0.39 is 11.5 Å². The van der Waals surface area contributed by atoms with E-state index in [0.29, 0.717) is 17.5 Å². The Kier molecular flexibility index (Phi) is 8.34. The molecule has 1 aromatic heterocycles. The number of hydrogen-bond donors (Lipinski definition) is 2. The van der Waals surface area contributed by atoms with Crippen LogP contribution >= 0.6 is 0 Å². The third kappa shape index (κ3) is 5.73. The lowest BCUT2D eigenvalue weighted by Gasteiger charge is -2.18. The second kappa shape index (κ2) is 11.2. The fourth-order valence-electron chi connectivity index (χ4n) is 4.09. The summed E-state index contributed by atoms with van der Waals surface area (Å²) < 4.78 is 5.47. The summed E-state index contributed by atoms with van der Waals surface area (Å²) in [6, 6.07) is 10.5. The normalized spacial score (nSPS) is 12.5. The highest BCUT2D eigenvalue weighted by Gasteiger charge is 2.29. The van der Waals surface area contributed by atoms with Crippen molar-refractivity contribution in [3.05, 3.63) is 81.2 Å². The van der Waals surface area contributed by atoms with Gasteiger partial charge in [-0.1, -0.05) is 67.5 Å². The first kappa shape index (κ1) is 26.0. The van der Waals surface area contributed by atoms with E-state index in [1.54, 1.807) is 6.92 Å². The molecule has 0 radical (unpaired) electrons. The molecule has 0 aliphatic heterocycles. The van der Waals surface area contributed by atoms with Crippen LogP contribution in [0.15, 0.2) is 68.9 Å². The molecule has 1 heterocycles. The van der Waals surface area contributed by atoms with Crippen molar-refractivity contribution in [2.75, 3.05) is 0 Å². The average Bonchev–Trinajstić information content (AvgIpc) is 2.83. The fourth-order valence-corrected chi connectivity index (χ4v) is 4.09. The summed E-state index contributed by atoms with van der Waals surface area (Å²) >= 11 is 0. The lowest BCUT2D eigenvalue weighted by molar-refractivity contribution is 0.0925. The molecule has 184 valence electrons. The summed E-state index contributed by atoms with van der Waals surface area (Å²) in [7, 11) is 0. The van der Waals surface area contributed by atoms with Gasteiger partial charge in [0.2, 0.25) is 0 Å². The van der Waals surface area contributed by atoms with Gasteiger partial charge in [0.05, 0.1) is 5.39 Å². The molecule has 35 heavy (non-hydrogen) atoms. The third-order valence-electron chi connectivity index (χ3n) is 6.37. The number of fused-ring (bicyclic) bond motifs is 1. The molecule has 0 aliphatic rings. The van der Waals surface area contributed by atoms with Crippen molar-refractivity contribution in [2.45, 2.75) is 60.3 Å². The topological polar surface area (TPSA) is 87.7 Å². The number of carbonyl (C=O) groups excluding carboxylic acids is 1. The molecule has 1 atom stereocenters. The quantitative estimate of drug-likeness (QED) is 0.192. The van der Waals surface area contributed by atoms with E-state index in [1.165, 1.54) is 11.6 Å². The zero-order valence-electron chi connectivity index (χ0n) is 21.1. The maximum absolute atomic E-state index is 13.4. The first-order valence-corrected chi connectivity index (χ1v) is 12.1. The Hall–Kier alpha value is -3.60. The van der Waals surface area contributed by atoms with Gasteiger partial charge in [-0.25, -0.2) is 4.79 Å². The number of phenols is 2. The van der Waals surface area contributed by atoms with Gasteiger partial charge < -0.3 is 14.6 Å². The second-order valence-corrected chi connectivity index (χ2v) is 9.35. The predicted molar refractivity (Wildman–Crippen MR) is 141 cm³/mol. The summed E-state index contributed by atoms with van der Waals surface area (Å²) in [5.41, 5.74) is 2.99. The van der Waals surface area contributed by atoms with Crippen LogP contribution in [0.5, 0.6) is 11.5 Å². The van der Waals surface area contributed by atoms with Crippen LogP contribution in [-0.2, 0) is 6.42 Å². The molecule has 0 bridgehead atoms. The molecule has 2 N–H and O–H groups in total. The second-order valence-electron chi connectivity index (χ2n) is 9.35. The monoisotopic (exact) mass is 474 g/mol. The highest BCUT2D eigenvalue weighted by Crippen LogP contribution is 2.44. The lowest BCUT2D eigenvalue weighted by Crippen LogP contribution is -2.13. The number of ketones is 1. The zero-order valence-corrected chi connectivity index (χ0v) is 21.1. The minimum atomic E-state index is -0.656. The largest absolute Gasteiger partial charge is 0.507 e. The van der Waals surface area contributed by atoms with Gasteiger partial charge in [-0.2, -0.15) is 0 Å². The van der Waals surface area contributed by atoms with Gasteiger partial charge in [-0.15, -0.1) is 0 Å². The molecule has 0 aliphatic carbocycles. The Labute approximate surface area is 206 Å². The number of benzene rings is 2. The minimum absolute atomic E-state index is 0.0485. The molecule has 0 unspecified atom stereocenters. The first-order chi connectivity index (χ1) is 16.6. The smallest absolute Gasteiger partial charge is 0.336 e. The Balaban J connectivity index is 2.28. The van der Waals surface area contributed by atoms with E-state index in [0.717, 1.165) is 18.4 Å². The summed E-state index contributed by atoms with van der Waals surface area (Å²) in [6.45, 7) is 9.78. The third-order valence-corrected chi connectivity index (χ3v) is 6.37. The maximum atomic E-state index is 13.4. The molecule has 3 aromatic rings. The van der Waals surface area contributed by atoms with Crippen LogP contribution in [-0.4, -0.2) is 16.0 Å². The molecule has 5 nitrogen and oxygen atoms in total. The molecule has 5 heteroatoms. The maximum Gasteiger partial charge on any atom is 0.336 e. The number of hydrogen-bond acceptors (Lipinski definition) is 5. The Morgan fingerprint density at radius 2 is 1.74 bits per heavy atom. The van der Waals surface area contributed by atoms with Crippen molar-refractivity contribution in [3.63, 3.8) is 0 Å². The van der Waals surface area contributed by atoms with Gasteiger partial charge in [-0.05, 0) is 52.0 Å². The predicted octanol–water partition coefficient (Wildman–Crippen LogP) is 7.34. The van der Waals surface area contributed by atoms with Gasteiger partial charge in [-0.3, -0.25) is 4.79 Å². The molecule has 0 spiro atoms. The number of carbonyl (C=O) groups is 1. The Morgan fingerprint density at radius 1 is 1.06 bits per heavy atom. The highest BCUT2D eigenvalue weighted by atomic mass is 16.4. The minimum Gasteiger partial charge on any atom is -0.507 e. The standard InChI is InChI=1S/C30H34O5/c1-6-20(5)27(32)26-29(34)22(16-15-19(4)12-10-11-18(2)3)28(33)25-23(17-24(31)35-30(25)26)21-13-8-7-9-14-21/h7-9,11,13-15,17,20,33-34H,6,10,12,16H2,1-5H3/b19-15+/t20-/m1/s1. The SMILES string of the molecule is CC[C@@H](C)C(=O)c1c(O)c(C/C=C(\C)CCC=C(C)C)c(O)c2c(-c3ccccc3)cc(=O)oc12. The van der Waals surface area contributed by atoms with Crippen LogP contribution in [0.2, 0.25) is 0 Å². The molecule has 2 aromatic carbocycles. The van der Waals surface area contributed by atoms with Gasteiger partial charge in [0.25, 0.3) is 0 Å². The van der Waals surface area contributed by atoms with E-state index in [1.807, 2.05) is 50.3 Å². The van der Waals surface area contributed by atoms with Crippen LogP contribution in [0.25, 0.3) is 22.1 Å². The Morgan fingerprint density at radius 3 is 2.37 bits per heavy atom. The van der Waals surface area contributed by atoms with Crippen LogP contribution in [0.4, 0.5) is 0 Å². The fraction of sp³-hybridized carbons (Fsp3) is 0.333. The molecular weight excluding hydrogens is 440 g/mol. The van der Waals surface area contributed by atoms with Crippen LogP contribution in [0, 0.1) is 5.92 Å². The van der Waals surface area contributed by atoms with Gasteiger partial charge >= 0.3 is 5.63 Å². The van der Waals surface area contributed by atoms with Crippen LogP contribution in [0.1, 0.15) is 69.8 Å². The zero-order chi connectivity index (χ0) is 25.7. The number of Topliss-reactive ketones (excluding diaryl/α,β-unsaturated/α-hetero) is 1. The van der Waals surface area contributed by atoms with Crippen molar-refractivity contribution >= 4 is 16.8 Å². The van der Waals surface area contributed by atoms with Crippen LogP contribution < -0.4 is 5.63 Å². The van der Waals surface area contributed by atoms with E-state index in [2.05, 4.69) is 19.9 Å². The number of aromatic hydroxyl groups is 2.